The van der Waals surface area contributed by atoms with E-state index in [1.165, 1.54) is 148 Å². The van der Waals surface area contributed by atoms with Crippen LogP contribution < -0.4 is 10.2 Å². The molecule has 0 aliphatic carbocycles. The van der Waals surface area contributed by atoms with Crippen molar-refractivity contribution in [3.63, 3.8) is 0 Å². The number of hydrogen-bond donors (Lipinski definition) is 2. The van der Waals surface area contributed by atoms with Crippen molar-refractivity contribution in [2.45, 2.75) is 264 Å². The number of quaternary nitrogens is 1. The number of carbonyl (C=O) groups excluding carboxylic acids is 1. The summed E-state index contributed by atoms with van der Waals surface area (Å²) < 4.78 is 23.4. The van der Waals surface area contributed by atoms with E-state index < -0.39 is 26.6 Å². The van der Waals surface area contributed by atoms with Crippen LogP contribution in [0.2, 0.25) is 0 Å². The first kappa shape index (κ1) is 70.4. The Hall–Kier alpha value is -2.58. The maximum atomic E-state index is 13.0. The average molecular weight is 1040 g/mol. The van der Waals surface area contributed by atoms with Gasteiger partial charge in [0.25, 0.3) is 7.82 Å². The number of carbonyl (C=O) groups is 1. The van der Waals surface area contributed by atoms with Crippen molar-refractivity contribution >= 4 is 13.7 Å². The summed E-state index contributed by atoms with van der Waals surface area (Å²) >= 11 is 0. The van der Waals surface area contributed by atoms with Gasteiger partial charge in [-0.05, 0) is 83.5 Å². The molecule has 1 amide bonds. The first-order valence-electron chi connectivity index (χ1n) is 30.1. The van der Waals surface area contributed by atoms with Crippen molar-refractivity contribution < 1.29 is 32.9 Å². The van der Waals surface area contributed by atoms with Crippen LogP contribution in [0.5, 0.6) is 0 Å². The Morgan fingerprint density at radius 3 is 1.27 bits per heavy atom. The van der Waals surface area contributed by atoms with Gasteiger partial charge < -0.3 is 28.8 Å². The highest BCUT2D eigenvalue weighted by atomic mass is 31.2. The molecule has 0 heterocycles. The lowest BCUT2D eigenvalue weighted by atomic mass is 10.0. The molecule has 0 aromatic heterocycles. The molecule has 0 saturated heterocycles. The SMILES string of the molecule is CC/C=C\C/C=C\C/C=C\C/C=C\C/C=C\C/C=C\CCCCCCCCCCCCC(=O)NC(COP(=O)([O-])OCC[N+](C)(C)C)C(O)/C=C/CC/C=C/CCCCCCCCCCCCCCCCCC. The molecule has 0 aliphatic heterocycles. The number of rotatable bonds is 54. The van der Waals surface area contributed by atoms with E-state index in [-0.39, 0.29) is 12.5 Å². The molecule has 8 nitrogen and oxygen atoms in total. The maximum Gasteiger partial charge on any atom is 0.268 e. The molecule has 0 rings (SSSR count). The molecule has 422 valence electrons. The van der Waals surface area contributed by atoms with Crippen LogP contribution in [0.25, 0.3) is 0 Å². The van der Waals surface area contributed by atoms with Crippen LogP contribution in [0, 0.1) is 0 Å². The standard InChI is InChI=1S/C64H115N2O6P/c1-6-8-10-12-14-16-18-20-22-24-26-28-30-31-32-33-34-35-36-38-40-42-44-46-48-50-52-54-56-58-64(68)65-62(61-72-73(69,70)71-60-59-66(3,4)5)63(67)57-55-53-51-49-47-45-43-41-39-37-29-27-25-23-21-19-17-15-13-11-9-7-2/h8,10,14,16,20,22,26,28,31-32,34-35,47,49,55,57,62-63,67H,6-7,9,11-13,15,17-19,21,23-25,27,29-30,33,36-46,48,50-54,56,58-61H2,1-5H3,(H-,65,68,69,70)/b10-8-,16-14-,22-20-,28-26-,32-31-,35-34-,49-47+,57-55+. The van der Waals surface area contributed by atoms with Gasteiger partial charge in [0.15, 0.2) is 0 Å². The third-order valence-electron chi connectivity index (χ3n) is 13.0. The van der Waals surface area contributed by atoms with Gasteiger partial charge in [-0.3, -0.25) is 9.36 Å². The fourth-order valence-electron chi connectivity index (χ4n) is 8.35. The highest BCUT2D eigenvalue weighted by Crippen LogP contribution is 2.38. The number of unbranched alkanes of at least 4 members (excludes halogenated alkanes) is 27. The Kier molecular flexibility index (Phi) is 52.3. The molecule has 3 atom stereocenters. The monoisotopic (exact) mass is 1040 g/mol. The number of nitrogens with zero attached hydrogens (tertiary/aromatic N) is 1. The van der Waals surface area contributed by atoms with E-state index in [4.69, 9.17) is 9.05 Å². The summed E-state index contributed by atoms with van der Waals surface area (Å²) in [4.78, 5) is 25.5. The van der Waals surface area contributed by atoms with Gasteiger partial charge >= 0.3 is 0 Å². The van der Waals surface area contributed by atoms with E-state index in [0.29, 0.717) is 17.4 Å². The van der Waals surface area contributed by atoms with Crippen LogP contribution in [0.1, 0.15) is 251 Å². The van der Waals surface area contributed by atoms with Crippen molar-refractivity contribution in [2.75, 3.05) is 40.9 Å². The average Bonchev–Trinajstić information content (AvgIpc) is 3.35. The molecule has 9 heteroatoms. The zero-order chi connectivity index (χ0) is 53.5. The topological polar surface area (TPSA) is 108 Å². The molecule has 0 aromatic rings. The van der Waals surface area contributed by atoms with Crippen molar-refractivity contribution in [3.05, 3.63) is 97.2 Å². The van der Waals surface area contributed by atoms with Gasteiger partial charge in [-0.1, -0.05) is 259 Å². The summed E-state index contributed by atoms with van der Waals surface area (Å²) in [5.41, 5.74) is 0. The van der Waals surface area contributed by atoms with Crippen LogP contribution in [0.4, 0.5) is 0 Å². The van der Waals surface area contributed by atoms with Gasteiger partial charge in [-0.15, -0.1) is 0 Å². The van der Waals surface area contributed by atoms with Gasteiger partial charge in [0.2, 0.25) is 5.91 Å². The van der Waals surface area contributed by atoms with Gasteiger partial charge in [0, 0.05) is 6.42 Å². The van der Waals surface area contributed by atoms with Crippen molar-refractivity contribution in [1.29, 1.82) is 0 Å². The largest absolute Gasteiger partial charge is 0.756 e. The van der Waals surface area contributed by atoms with E-state index in [0.717, 1.165) is 83.5 Å². The molecule has 0 aromatic carbocycles. The minimum absolute atomic E-state index is 0.0114. The van der Waals surface area contributed by atoms with Gasteiger partial charge in [0.1, 0.15) is 13.2 Å². The fourth-order valence-corrected chi connectivity index (χ4v) is 9.07. The van der Waals surface area contributed by atoms with Crippen LogP contribution in [-0.4, -0.2) is 68.5 Å². The summed E-state index contributed by atoms with van der Waals surface area (Å²) in [6.07, 6.45) is 77.7. The number of aliphatic hydroxyl groups is 1. The number of hydrogen-bond acceptors (Lipinski definition) is 6. The van der Waals surface area contributed by atoms with Crippen LogP contribution in [-0.2, 0) is 18.4 Å². The second-order valence-corrected chi connectivity index (χ2v) is 22.7. The first-order chi connectivity index (χ1) is 35.5. The molecule has 3 unspecified atom stereocenters. The minimum Gasteiger partial charge on any atom is -0.756 e. The highest BCUT2D eigenvalue weighted by molar-refractivity contribution is 7.45. The van der Waals surface area contributed by atoms with E-state index in [9.17, 15) is 19.4 Å². The van der Waals surface area contributed by atoms with E-state index >= 15 is 0 Å². The zero-order valence-electron chi connectivity index (χ0n) is 48.1. The fraction of sp³-hybridized carbons (Fsp3) is 0.734. The molecule has 0 fully saturated rings. The summed E-state index contributed by atoms with van der Waals surface area (Å²) in [7, 11) is 1.23. The molecule has 2 N–H and O–H groups in total. The van der Waals surface area contributed by atoms with Crippen molar-refractivity contribution in [2.24, 2.45) is 0 Å². The highest BCUT2D eigenvalue weighted by Gasteiger charge is 2.23. The molecule has 0 radical (unpaired) electrons. The molecular weight excluding hydrogens is 924 g/mol. The third kappa shape index (κ3) is 57.0. The lowest BCUT2D eigenvalue weighted by Gasteiger charge is -2.29. The van der Waals surface area contributed by atoms with E-state index in [1.807, 2.05) is 27.2 Å². The van der Waals surface area contributed by atoms with Crippen molar-refractivity contribution in [3.8, 4) is 0 Å². The molecule has 0 spiro atoms. The van der Waals surface area contributed by atoms with E-state index in [1.54, 1.807) is 6.08 Å². The van der Waals surface area contributed by atoms with Crippen molar-refractivity contribution in [1.82, 2.24) is 5.32 Å². The lowest BCUT2D eigenvalue weighted by molar-refractivity contribution is -0.870. The number of amides is 1. The second-order valence-electron chi connectivity index (χ2n) is 21.3. The summed E-state index contributed by atoms with van der Waals surface area (Å²) in [5, 5.41) is 13.9. The summed E-state index contributed by atoms with van der Waals surface area (Å²) in [5.74, 6) is -0.214. The van der Waals surface area contributed by atoms with Crippen LogP contribution in [0.15, 0.2) is 97.2 Å². The normalized spacial score (nSPS) is 14.6. The molecular formula is C64H115N2O6P. The smallest absolute Gasteiger partial charge is 0.268 e. The lowest BCUT2D eigenvalue weighted by Crippen LogP contribution is -2.45. The molecule has 0 saturated carbocycles. The van der Waals surface area contributed by atoms with E-state index in [2.05, 4.69) is 104 Å². The van der Waals surface area contributed by atoms with Gasteiger partial charge in [-0.25, -0.2) is 0 Å². The molecule has 73 heavy (non-hydrogen) atoms. The minimum atomic E-state index is -4.61. The Labute approximate surface area is 451 Å². The summed E-state index contributed by atoms with van der Waals surface area (Å²) in [6.45, 7) is 4.52. The number of likely N-dealkylation sites (N-methyl/N-ethyl adjacent to an activating group) is 1. The quantitative estimate of drug-likeness (QED) is 0.0272. The van der Waals surface area contributed by atoms with Crippen LogP contribution >= 0.6 is 7.82 Å². The second kappa shape index (κ2) is 54.2. The Balaban J connectivity index is 4.25. The number of allylic oxidation sites excluding steroid dienone is 15. The number of nitrogens with one attached hydrogen (secondary N) is 1. The Morgan fingerprint density at radius 1 is 0.493 bits per heavy atom. The predicted molar refractivity (Wildman–Crippen MR) is 316 cm³/mol. The number of phosphoric ester groups is 1. The number of aliphatic hydroxyl groups excluding tert-OH is 1. The third-order valence-corrected chi connectivity index (χ3v) is 14.0. The van der Waals surface area contributed by atoms with Gasteiger partial charge in [0.05, 0.1) is 39.9 Å². The molecule has 0 bridgehead atoms. The predicted octanol–water partition coefficient (Wildman–Crippen LogP) is 18.0. The van der Waals surface area contributed by atoms with Gasteiger partial charge in [-0.2, -0.15) is 0 Å². The summed E-state index contributed by atoms with van der Waals surface area (Å²) in [6, 6.07) is -0.913. The molecule has 0 aliphatic rings. The van der Waals surface area contributed by atoms with Crippen LogP contribution in [0.3, 0.4) is 0 Å². The number of phosphoric acid groups is 1. The first-order valence-corrected chi connectivity index (χ1v) is 31.6. The Morgan fingerprint density at radius 2 is 0.849 bits per heavy atom. The Bertz CT molecular complexity index is 1510. The maximum absolute atomic E-state index is 13.0. The zero-order valence-corrected chi connectivity index (χ0v) is 49.0.